The SMILES string of the molecule is Cc1noc2c(-c3cccc(F)c3)n[nH]c(=O)c12. The summed E-state index contributed by atoms with van der Waals surface area (Å²) >= 11 is 0. The van der Waals surface area contributed by atoms with Crippen molar-refractivity contribution < 1.29 is 8.91 Å². The highest BCUT2D eigenvalue weighted by molar-refractivity contribution is 5.90. The quantitative estimate of drug-likeness (QED) is 0.712. The van der Waals surface area contributed by atoms with E-state index in [1.165, 1.54) is 12.1 Å². The molecule has 3 aromatic rings. The summed E-state index contributed by atoms with van der Waals surface area (Å²) in [5.41, 5.74) is 1.26. The first kappa shape index (κ1) is 10.6. The van der Waals surface area contributed by atoms with Crippen LogP contribution in [0.1, 0.15) is 5.69 Å². The standard InChI is InChI=1S/C12H8FN3O2/c1-6-9-11(18-16-6)10(14-15-12(9)17)7-3-2-4-8(13)5-7/h2-5H,1H3,(H,15,17). The van der Waals surface area contributed by atoms with Crippen LogP contribution in [0.2, 0.25) is 0 Å². The normalized spacial score (nSPS) is 11.0. The lowest BCUT2D eigenvalue weighted by molar-refractivity contribution is 0.450. The van der Waals surface area contributed by atoms with E-state index < -0.39 is 0 Å². The molecule has 0 atom stereocenters. The summed E-state index contributed by atoms with van der Waals surface area (Å²) < 4.78 is 18.3. The molecule has 2 heterocycles. The predicted molar refractivity (Wildman–Crippen MR) is 62.6 cm³/mol. The third kappa shape index (κ3) is 1.50. The van der Waals surface area contributed by atoms with E-state index in [0.717, 1.165) is 0 Å². The fourth-order valence-electron chi connectivity index (χ4n) is 1.84. The van der Waals surface area contributed by atoms with Gasteiger partial charge in [-0.2, -0.15) is 5.10 Å². The van der Waals surface area contributed by atoms with Crippen molar-refractivity contribution >= 4 is 11.0 Å². The second-order valence-electron chi connectivity index (χ2n) is 3.88. The molecular formula is C12H8FN3O2. The van der Waals surface area contributed by atoms with Crippen LogP contribution in [0.25, 0.3) is 22.2 Å². The van der Waals surface area contributed by atoms with Crippen LogP contribution in [-0.4, -0.2) is 15.4 Å². The number of hydrogen-bond acceptors (Lipinski definition) is 4. The van der Waals surface area contributed by atoms with Crippen molar-refractivity contribution in [3.8, 4) is 11.3 Å². The van der Waals surface area contributed by atoms with E-state index in [9.17, 15) is 9.18 Å². The maximum Gasteiger partial charge on any atom is 0.277 e. The molecule has 0 unspecified atom stereocenters. The van der Waals surface area contributed by atoms with E-state index in [1.807, 2.05) is 0 Å². The van der Waals surface area contributed by atoms with E-state index in [0.29, 0.717) is 22.3 Å². The maximum absolute atomic E-state index is 13.2. The highest BCUT2D eigenvalue weighted by atomic mass is 19.1. The van der Waals surface area contributed by atoms with Gasteiger partial charge in [0.15, 0.2) is 0 Å². The Morgan fingerprint density at radius 1 is 1.39 bits per heavy atom. The monoisotopic (exact) mass is 245 g/mol. The third-order valence-electron chi connectivity index (χ3n) is 2.67. The Bertz CT molecular complexity index is 791. The molecule has 0 radical (unpaired) electrons. The van der Waals surface area contributed by atoms with Crippen LogP contribution < -0.4 is 5.56 Å². The van der Waals surface area contributed by atoms with Crippen LogP contribution in [0, 0.1) is 12.7 Å². The Balaban J connectivity index is 2.37. The largest absolute Gasteiger partial charge is 0.353 e. The van der Waals surface area contributed by atoms with Gasteiger partial charge in [-0.1, -0.05) is 17.3 Å². The summed E-state index contributed by atoms with van der Waals surface area (Å²) in [4.78, 5) is 11.6. The van der Waals surface area contributed by atoms with Crippen molar-refractivity contribution in [1.82, 2.24) is 15.4 Å². The fourth-order valence-corrected chi connectivity index (χ4v) is 1.84. The highest BCUT2D eigenvalue weighted by Crippen LogP contribution is 2.25. The lowest BCUT2D eigenvalue weighted by Gasteiger charge is -2.00. The van der Waals surface area contributed by atoms with E-state index >= 15 is 0 Å². The molecule has 18 heavy (non-hydrogen) atoms. The number of nitrogens with zero attached hydrogens (tertiary/aromatic N) is 2. The first-order chi connectivity index (χ1) is 8.66. The van der Waals surface area contributed by atoms with E-state index in [-0.39, 0.29) is 17.0 Å². The number of aromatic nitrogens is 3. The van der Waals surface area contributed by atoms with Crippen LogP contribution >= 0.6 is 0 Å². The minimum absolute atomic E-state index is 0.266. The van der Waals surface area contributed by atoms with Gasteiger partial charge in [-0.3, -0.25) is 4.79 Å². The summed E-state index contributed by atoms with van der Waals surface area (Å²) in [5.74, 6) is -0.384. The topological polar surface area (TPSA) is 71.8 Å². The number of aromatic amines is 1. The van der Waals surface area contributed by atoms with Crippen LogP contribution in [0.4, 0.5) is 4.39 Å². The van der Waals surface area contributed by atoms with Crippen molar-refractivity contribution in [2.24, 2.45) is 0 Å². The number of benzene rings is 1. The van der Waals surface area contributed by atoms with E-state index in [4.69, 9.17) is 4.52 Å². The molecule has 0 fully saturated rings. The van der Waals surface area contributed by atoms with Gasteiger partial charge in [0.1, 0.15) is 16.9 Å². The Morgan fingerprint density at radius 3 is 3.00 bits per heavy atom. The van der Waals surface area contributed by atoms with Gasteiger partial charge >= 0.3 is 0 Å². The first-order valence-corrected chi connectivity index (χ1v) is 5.27. The molecule has 0 aliphatic heterocycles. The van der Waals surface area contributed by atoms with Gasteiger partial charge in [0, 0.05) is 5.56 Å². The van der Waals surface area contributed by atoms with Crippen LogP contribution in [-0.2, 0) is 0 Å². The number of aryl methyl sites for hydroxylation is 1. The van der Waals surface area contributed by atoms with Crippen LogP contribution in [0.3, 0.4) is 0 Å². The molecular weight excluding hydrogens is 237 g/mol. The molecule has 0 saturated heterocycles. The molecule has 2 aromatic heterocycles. The van der Waals surface area contributed by atoms with Gasteiger partial charge < -0.3 is 4.52 Å². The third-order valence-corrected chi connectivity index (χ3v) is 2.67. The molecule has 1 N–H and O–H groups in total. The molecule has 5 nitrogen and oxygen atoms in total. The zero-order valence-corrected chi connectivity index (χ0v) is 9.40. The van der Waals surface area contributed by atoms with Crippen molar-refractivity contribution in [1.29, 1.82) is 0 Å². The molecule has 90 valence electrons. The lowest BCUT2D eigenvalue weighted by Crippen LogP contribution is -2.09. The van der Waals surface area contributed by atoms with Gasteiger partial charge in [-0.15, -0.1) is 0 Å². The Kier molecular flexibility index (Phi) is 2.22. The van der Waals surface area contributed by atoms with Gasteiger partial charge in [0.25, 0.3) is 5.56 Å². The van der Waals surface area contributed by atoms with E-state index in [2.05, 4.69) is 15.4 Å². The lowest BCUT2D eigenvalue weighted by atomic mass is 10.1. The minimum Gasteiger partial charge on any atom is -0.353 e. The molecule has 0 spiro atoms. The van der Waals surface area contributed by atoms with Gasteiger partial charge in [-0.05, 0) is 19.1 Å². The Hall–Kier alpha value is -2.50. The van der Waals surface area contributed by atoms with Crippen molar-refractivity contribution in [2.45, 2.75) is 6.92 Å². The second kappa shape index (κ2) is 3.76. The molecule has 0 aliphatic rings. The van der Waals surface area contributed by atoms with Crippen molar-refractivity contribution in [2.75, 3.05) is 0 Å². The summed E-state index contributed by atoms with van der Waals surface area (Å²) in [6.07, 6.45) is 0. The molecule has 0 saturated carbocycles. The summed E-state index contributed by atoms with van der Waals surface area (Å²) in [6.45, 7) is 1.66. The average molecular weight is 245 g/mol. The van der Waals surface area contributed by atoms with Gasteiger partial charge in [-0.25, -0.2) is 9.49 Å². The van der Waals surface area contributed by atoms with Crippen molar-refractivity contribution in [3.05, 3.63) is 46.1 Å². The molecule has 0 aliphatic carbocycles. The number of fused-ring (bicyclic) bond motifs is 1. The summed E-state index contributed by atoms with van der Waals surface area (Å²) in [7, 11) is 0. The minimum atomic E-state index is -0.384. The van der Waals surface area contributed by atoms with E-state index in [1.54, 1.807) is 19.1 Å². The average Bonchev–Trinajstić information content (AvgIpc) is 2.73. The number of nitrogens with one attached hydrogen (secondary N) is 1. The molecule has 1 aromatic carbocycles. The highest BCUT2D eigenvalue weighted by Gasteiger charge is 2.16. The molecule has 0 amide bonds. The fraction of sp³-hybridized carbons (Fsp3) is 0.0833. The zero-order valence-electron chi connectivity index (χ0n) is 9.40. The summed E-state index contributed by atoms with van der Waals surface area (Å²) in [5, 5.41) is 10.3. The Labute approximate surface area is 100 Å². The maximum atomic E-state index is 13.2. The number of rotatable bonds is 1. The van der Waals surface area contributed by atoms with Gasteiger partial charge in [0.05, 0.1) is 5.69 Å². The Morgan fingerprint density at radius 2 is 2.22 bits per heavy atom. The first-order valence-electron chi connectivity index (χ1n) is 5.27. The van der Waals surface area contributed by atoms with Crippen LogP contribution in [0.15, 0.2) is 33.6 Å². The number of H-pyrrole nitrogens is 1. The predicted octanol–water partition coefficient (Wildman–Crippen LogP) is 2.03. The zero-order chi connectivity index (χ0) is 12.7. The van der Waals surface area contributed by atoms with Crippen molar-refractivity contribution in [3.63, 3.8) is 0 Å². The van der Waals surface area contributed by atoms with Gasteiger partial charge in [0.2, 0.25) is 5.58 Å². The van der Waals surface area contributed by atoms with Crippen LogP contribution in [0.5, 0.6) is 0 Å². The number of halogens is 1. The number of hydrogen-bond donors (Lipinski definition) is 1. The summed E-state index contributed by atoms with van der Waals surface area (Å²) in [6, 6.07) is 5.89. The molecule has 3 rings (SSSR count). The molecule has 0 bridgehead atoms. The smallest absolute Gasteiger partial charge is 0.277 e. The second-order valence-corrected chi connectivity index (χ2v) is 3.88. The molecule has 6 heteroatoms.